The fourth-order valence-corrected chi connectivity index (χ4v) is 2.49. The largest absolute Gasteiger partial charge is 0.352 e. The molecule has 1 amide bonds. The topological polar surface area (TPSA) is 29.5 Å². The van der Waals surface area contributed by atoms with Gasteiger partial charge in [-0.1, -0.05) is 60.7 Å². The second-order valence-electron chi connectivity index (χ2n) is 4.88. The van der Waals surface area contributed by atoms with Gasteiger partial charge in [-0.15, -0.1) is 0 Å². The Balaban J connectivity index is 1.74. The highest BCUT2D eigenvalue weighted by atomic mass is 16.5. The van der Waals surface area contributed by atoms with Gasteiger partial charge >= 0.3 is 0 Å². The Bertz CT molecular complexity index is 568. The van der Waals surface area contributed by atoms with Crippen molar-refractivity contribution in [3.05, 3.63) is 71.8 Å². The van der Waals surface area contributed by atoms with Crippen LogP contribution in [0.1, 0.15) is 17.4 Å². The summed E-state index contributed by atoms with van der Waals surface area (Å²) in [4.78, 5) is 14.3. The smallest absolute Gasteiger partial charge is 0.229 e. The molecule has 1 unspecified atom stereocenters. The van der Waals surface area contributed by atoms with E-state index in [0.717, 1.165) is 11.1 Å². The highest BCUT2D eigenvalue weighted by Gasteiger charge is 2.30. The molecule has 2 aromatic rings. The molecule has 0 aliphatic carbocycles. The van der Waals surface area contributed by atoms with E-state index in [0.29, 0.717) is 19.6 Å². The lowest BCUT2D eigenvalue weighted by Crippen LogP contribution is -2.32. The number of rotatable bonds is 3. The molecule has 0 saturated carbocycles. The number of hydrogen-bond donors (Lipinski definition) is 0. The SMILES string of the molecule is O=C(Cc1ccccc1)N1CCOC1c1ccccc1. The minimum absolute atomic E-state index is 0.113. The molecule has 0 spiro atoms. The van der Waals surface area contributed by atoms with E-state index in [9.17, 15) is 4.79 Å². The summed E-state index contributed by atoms with van der Waals surface area (Å²) in [7, 11) is 0. The van der Waals surface area contributed by atoms with E-state index in [4.69, 9.17) is 4.74 Å². The van der Waals surface area contributed by atoms with Crippen molar-refractivity contribution in [1.82, 2.24) is 4.90 Å². The fourth-order valence-electron chi connectivity index (χ4n) is 2.49. The number of benzene rings is 2. The second-order valence-corrected chi connectivity index (χ2v) is 4.88. The van der Waals surface area contributed by atoms with Gasteiger partial charge in [-0.05, 0) is 5.56 Å². The first-order valence-electron chi connectivity index (χ1n) is 6.84. The van der Waals surface area contributed by atoms with E-state index >= 15 is 0 Å². The average Bonchev–Trinajstić information content (AvgIpc) is 2.99. The van der Waals surface area contributed by atoms with Crippen LogP contribution in [0.5, 0.6) is 0 Å². The van der Waals surface area contributed by atoms with Gasteiger partial charge in [-0.25, -0.2) is 0 Å². The molecule has 3 heteroatoms. The molecular formula is C17H17NO2. The first-order valence-corrected chi connectivity index (χ1v) is 6.84. The number of amides is 1. The van der Waals surface area contributed by atoms with Crippen LogP contribution < -0.4 is 0 Å². The molecule has 0 radical (unpaired) electrons. The van der Waals surface area contributed by atoms with Gasteiger partial charge in [-0.3, -0.25) is 4.79 Å². The van der Waals surface area contributed by atoms with Crippen molar-refractivity contribution in [1.29, 1.82) is 0 Å². The quantitative estimate of drug-likeness (QED) is 0.856. The third-order valence-electron chi connectivity index (χ3n) is 3.49. The number of carbonyl (C=O) groups excluding carboxylic acids is 1. The molecule has 20 heavy (non-hydrogen) atoms. The van der Waals surface area contributed by atoms with Crippen LogP contribution in [0.4, 0.5) is 0 Å². The van der Waals surface area contributed by atoms with Crippen molar-refractivity contribution in [3.63, 3.8) is 0 Å². The highest BCUT2D eigenvalue weighted by molar-refractivity contribution is 5.79. The molecular weight excluding hydrogens is 250 g/mol. The molecule has 3 rings (SSSR count). The van der Waals surface area contributed by atoms with Crippen LogP contribution in [0, 0.1) is 0 Å². The maximum atomic E-state index is 12.4. The molecule has 0 aromatic heterocycles. The lowest BCUT2D eigenvalue weighted by atomic mass is 10.1. The number of ether oxygens (including phenoxy) is 1. The van der Waals surface area contributed by atoms with Crippen LogP contribution in [-0.2, 0) is 16.0 Å². The molecule has 1 aliphatic heterocycles. The highest BCUT2D eigenvalue weighted by Crippen LogP contribution is 2.27. The van der Waals surface area contributed by atoms with Crippen LogP contribution in [0.3, 0.4) is 0 Å². The molecule has 1 aliphatic rings. The Morgan fingerprint density at radius 2 is 1.70 bits per heavy atom. The van der Waals surface area contributed by atoms with Gasteiger partial charge in [0.05, 0.1) is 13.0 Å². The Hall–Kier alpha value is -2.13. The molecule has 102 valence electrons. The van der Waals surface area contributed by atoms with Crippen molar-refractivity contribution < 1.29 is 9.53 Å². The Labute approximate surface area is 118 Å². The van der Waals surface area contributed by atoms with E-state index in [1.807, 2.05) is 65.6 Å². The minimum atomic E-state index is -0.243. The van der Waals surface area contributed by atoms with Crippen molar-refractivity contribution in [2.75, 3.05) is 13.2 Å². The van der Waals surface area contributed by atoms with Gasteiger partial charge < -0.3 is 9.64 Å². The molecule has 2 aromatic carbocycles. The molecule has 0 N–H and O–H groups in total. The normalized spacial score (nSPS) is 18.2. The standard InChI is InChI=1S/C17H17NO2/c19-16(13-14-7-3-1-4-8-14)18-11-12-20-17(18)15-9-5-2-6-10-15/h1-10,17H,11-13H2. The number of nitrogens with zero attached hydrogens (tertiary/aromatic N) is 1. The zero-order chi connectivity index (χ0) is 13.8. The van der Waals surface area contributed by atoms with Crippen molar-refractivity contribution >= 4 is 5.91 Å². The molecule has 1 saturated heterocycles. The summed E-state index contributed by atoms with van der Waals surface area (Å²) in [6, 6.07) is 19.7. The summed E-state index contributed by atoms with van der Waals surface area (Å²) in [6.07, 6.45) is 0.181. The summed E-state index contributed by atoms with van der Waals surface area (Å²) < 4.78 is 5.72. The summed E-state index contributed by atoms with van der Waals surface area (Å²) in [5.41, 5.74) is 2.07. The summed E-state index contributed by atoms with van der Waals surface area (Å²) in [5, 5.41) is 0. The summed E-state index contributed by atoms with van der Waals surface area (Å²) in [6.45, 7) is 1.26. The van der Waals surface area contributed by atoms with E-state index in [1.165, 1.54) is 0 Å². The van der Waals surface area contributed by atoms with Gasteiger partial charge in [0.25, 0.3) is 0 Å². The van der Waals surface area contributed by atoms with Crippen molar-refractivity contribution in [3.8, 4) is 0 Å². The van der Waals surface area contributed by atoms with E-state index in [2.05, 4.69) is 0 Å². The predicted molar refractivity (Wildman–Crippen MR) is 77.0 cm³/mol. The summed E-state index contributed by atoms with van der Waals surface area (Å²) >= 11 is 0. The lowest BCUT2D eigenvalue weighted by molar-refractivity contribution is -0.135. The first-order chi connectivity index (χ1) is 9.84. The third-order valence-corrected chi connectivity index (χ3v) is 3.49. The van der Waals surface area contributed by atoms with Crippen molar-refractivity contribution in [2.45, 2.75) is 12.6 Å². The van der Waals surface area contributed by atoms with Crippen LogP contribution in [0.2, 0.25) is 0 Å². The summed E-state index contributed by atoms with van der Waals surface area (Å²) in [5.74, 6) is 0.113. The fraction of sp³-hybridized carbons (Fsp3) is 0.235. The van der Waals surface area contributed by atoms with Crippen LogP contribution in [-0.4, -0.2) is 24.0 Å². The Kier molecular flexibility index (Phi) is 3.79. The van der Waals surface area contributed by atoms with Gasteiger partial charge in [0.15, 0.2) is 6.23 Å². The predicted octanol–water partition coefficient (Wildman–Crippen LogP) is 2.79. The van der Waals surface area contributed by atoms with Gasteiger partial charge in [0, 0.05) is 12.1 Å². The number of hydrogen-bond acceptors (Lipinski definition) is 2. The molecule has 0 bridgehead atoms. The molecule has 1 heterocycles. The molecule has 3 nitrogen and oxygen atoms in total. The Morgan fingerprint density at radius 3 is 2.40 bits per heavy atom. The van der Waals surface area contributed by atoms with Gasteiger partial charge in [0.2, 0.25) is 5.91 Å². The van der Waals surface area contributed by atoms with Crippen LogP contribution in [0.25, 0.3) is 0 Å². The van der Waals surface area contributed by atoms with Crippen molar-refractivity contribution in [2.24, 2.45) is 0 Å². The second kappa shape index (κ2) is 5.88. The van der Waals surface area contributed by atoms with E-state index in [1.54, 1.807) is 0 Å². The Morgan fingerprint density at radius 1 is 1.05 bits per heavy atom. The maximum absolute atomic E-state index is 12.4. The molecule has 1 atom stereocenters. The van der Waals surface area contributed by atoms with E-state index in [-0.39, 0.29) is 12.1 Å². The third kappa shape index (κ3) is 2.73. The first kappa shape index (κ1) is 12.9. The lowest BCUT2D eigenvalue weighted by Gasteiger charge is -2.23. The van der Waals surface area contributed by atoms with Gasteiger partial charge in [-0.2, -0.15) is 0 Å². The average molecular weight is 267 g/mol. The monoisotopic (exact) mass is 267 g/mol. The minimum Gasteiger partial charge on any atom is -0.352 e. The van der Waals surface area contributed by atoms with Crippen LogP contribution in [0.15, 0.2) is 60.7 Å². The number of carbonyl (C=O) groups is 1. The van der Waals surface area contributed by atoms with Gasteiger partial charge in [0.1, 0.15) is 0 Å². The maximum Gasteiger partial charge on any atom is 0.229 e. The van der Waals surface area contributed by atoms with Crippen LogP contribution >= 0.6 is 0 Å². The molecule has 1 fully saturated rings. The zero-order valence-electron chi connectivity index (χ0n) is 11.2. The van der Waals surface area contributed by atoms with E-state index < -0.39 is 0 Å². The zero-order valence-corrected chi connectivity index (χ0v) is 11.2.